The molecule has 0 fully saturated rings. The molecule has 0 unspecified atom stereocenters. The van der Waals surface area contributed by atoms with Gasteiger partial charge in [0.25, 0.3) is 0 Å². The first-order valence-electron chi connectivity index (χ1n) is 18.0. The lowest BCUT2D eigenvalue weighted by Crippen LogP contribution is -2.22. The van der Waals surface area contributed by atoms with Gasteiger partial charge >= 0.3 is 0 Å². The van der Waals surface area contributed by atoms with Crippen LogP contribution in [0.3, 0.4) is 0 Å². The summed E-state index contributed by atoms with van der Waals surface area (Å²) in [4.78, 5) is 11.5. The third-order valence-corrected chi connectivity index (χ3v) is 10.5. The zero-order valence-electron chi connectivity index (χ0n) is 29.9. The minimum Gasteiger partial charge on any atom is -0.294 e. The zero-order valence-corrected chi connectivity index (χ0v) is 29.9. The Kier molecular flexibility index (Phi) is 7.67. The number of aromatic nitrogens is 2. The molecule has 5 nitrogen and oxygen atoms in total. The highest BCUT2D eigenvalue weighted by molar-refractivity contribution is 6.09. The van der Waals surface area contributed by atoms with Crippen LogP contribution in [-0.2, 0) is 10.4 Å². The maximum atomic E-state index is 6.55. The van der Waals surface area contributed by atoms with E-state index in [2.05, 4.69) is 166 Å². The first kappa shape index (κ1) is 31.8. The number of benzene rings is 6. The van der Waals surface area contributed by atoms with Crippen LogP contribution in [-0.4, -0.2) is 9.55 Å². The molecule has 3 heterocycles. The average Bonchev–Trinajstić information content (AvgIpc) is 3.74. The van der Waals surface area contributed by atoms with Gasteiger partial charge in [-0.1, -0.05) is 125 Å². The molecule has 0 bridgehead atoms. The number of nitrogens with zero attached hydrogens (tertiary/aromatic N) is 4. The van der Waals surface area contributed by atoms with Crippen LogP contribution in [0.25, 0.3) is 38.8 Å². The van der Waals surface area contributed by atoms with Crippen molar-refractivity contribution in [1.82, 2.24) is 9.55 Å². The number of hydrogen-bond acceptors (Lipinski definition) is 4. The van der Waals surface area contributed by atoms with Crippen molar-refractivity contribution >= 4 is 44.6 Å². The van der Waals surface area contributed by atoms with Crippen molar-refractivity contribution in [2.24, 2.45) is 0 Å². The summed E-state index contributed by atoms with van der Waals surface area (Å²) in [7, 11) is 0. The molecular formula is C47H40N4O. The van der Waals surface area contributed by atoms with Crippen molar-refractivity contribution in [3.05, 3.63) is 181 Å². The molecule has 1 aliphatic rings. The summed E-state index contributed by atoms with van der Waals surface area (Å²) in [5.74, 6) is 1.32. The van der Waals surface area contributed by atoms with E-state index in [-0.39, 0.29) is 5.41 Å². The van der Waals surface area contributed by atoms with E-state index < -0.39 is 0 Å². The van der Waals surface area contributed by atoms with Crippen LogP contribution in [0.2, 0.25) is 0 Å². The van der Waals surface area contributed by atoms with Gasteiger partial charge in [-0.15, -0.1) is 4.94 Å². The van der Waals surface area contributed by atoms with Gasteiger partial charge in [0.2, 0.25) is 0 Å². The van der Waals surface area contributed by atoms with E-state index in [4.69, 9.17) is 9.92 Å². The summed E-state index contributed by atoms with van der Waals surface area (Å²) in [6.45, 7) is 9.11. The predicted octanol–water partition coefficient (Wildman–Crippen LogP) is 12.4. The summed E-state index contributed by atoms with van der Waals surface area (Å²) in [6.07, 6.45) is 1.94. The monoisotopic (exact) mass is 676 g/mol. The number of hydrogen-bond donors (Lipinski definition) is 0. The van der Waals surface area contributed by atoms with Crippen molar-refractivity contribution in [1.29, 1.82) is 0 Å². The SMILES string of the molecule is CC(C)c1ccccc1-c1ccnc(-n2c3ccccc3c3ccc(C(C)(C)c4cccc(N5ON(c6ccccc6)c6ccccc65)c4)cc32)c1. The molecule has 0 amide bonds. The Morgan fingerprint density at radius 3 is 2.02 bits per heavy atom. The fourth-order valence-electron chi connectivity index (χ4n) is 7.68. The standard InChI is InChI=1S/C47H40N4O/c1-32(2)38-19-8-9-20-39(38)33-27-28-48-46(29-33)49-42-22-11-10-21-40(42)41-26-25-35(31-45(41)49)47(3,4)34-15-14-18-37(30-34)51-44-24-13-12-23-43(44)50(52-51)36-16-6-5-7-17-36/h5-32H,1-4H3. The molecule has 0 saturated heterocycles. The van der Waals surface area contributed by atoms with E-state index in [9.17, 15) is 0 Å². The minimum atomic E-state index is -0.324. The maximum absolute atomic E-state index is 6.55. The van der Waals surface area contributed by atoms with Gasteiger partial charge in [0.05, 0.1) is 33.8 Å². The molecule has 0 aliphatic carbocycles. The topological polar surface area (TPSA) is 33.5 Å². The normalized spacial score (nSPS) is 13.0. The van der Waals surface area contributed by atoms with Crippen LogP contribution in [0.4, 0.5) is 22.7 Å². The van der Waals surface area contributed by atoms with Gasteiger partial charge in [-0.25, -0.2) is 4.98 Å². The summed E-state index contributed by atoms with van der Waals surface area (Å²) < 4.78 is 2.33. The summed E-state index contributed by atoms with van der Waals surface area (Å²) >= 11 is 0. The highest BCUT2D eigenvalue weighted by Crippen LogP contribution is 2.46. The molecule has 5 heteroatoms. The van der Waals surface area contributed by atoms with E-state index in [0.29, 0.717) is 5.92 Å². The Hall–Kier alpha value is -6.17. The van der Waals surface area contributed by atoms with Crippen molar-refractivity contribution in [3.8, 4) is 16.9 Å². The summed E-state index contributed by atoms with van der Waals surface area (Å²) in [6, 6.07) is 55.9. The molecule has 9 rings (SSSR count). The predicted molar refractivity (Wildman–Crippen MR) is 215 cm³/mol. The average molecular weight is 677 g/mol. The highest BCUT2D eigenvalue weighted by atomic mass is 16.8. The quantitative estimate of drug-likeness (QED) is 0.168. The molecule has 2 aromatic heterocycles. The number of rotatable bonds is 7. The molecule has 0 radical (unpaired) electrons. The van der Waals surface area contributed by atoms with Crippen molar-refractivity contribution in [3.63, 3.8) is 0 Å². The van der Waals surface area contributed by atoms with Gasteiger partial charge < -0.3 is 0 Å². The third kappa shape index (κ3) is 5.24. The Morgan fingerprint density at radius 2 is 1.21 bits per heavy atom. The fourth-order valence-corrected chi connectivity index (χ4v) is 7.68. The molecule has 1 aliphatic heterocycles. The molecule has 52 heavy (non-hydrogen) atoms. The largest absolute Gasteiger partial charge is 0.294 e. The van der Waals surface area contributed by atoms with E-state index in [0.717, 1.165) is 39.6 Å². The summed E-state index contributed by atoms with van der Waals surface area (Å²) in [5.41, 5.74) is 12.1. The van der Waals surface area contributed by atoms with Gasteiger partial charge in [0, 0.05) is 22.4 Å². The van der Waals surface area contributed by atoms with Crippen LogP contribution in [0.1, 0.15) is 50.3 Å². The van der Waals surface area contributed by atoms with Crippen LogP contribution in [0.5, 0.6) is 0 Å². The highest BCUT2D eigenvalue weighted by Gasteiger charge is 2.32. The van der Waals surface area contributed by atoms with E-state index in [1.807, 2.05) is 40.6 Å². The molecule has 254 valence electrons. The lowest BCUT2D eigenvalue weighted by Gasteiger charge is -2.28. The smallest absolute Gasteiger partial charge is 0.138 e. The van der Waals surface area contributed by atoms with Gasteiger partial charge in [-0.3, -0.25) is 4.57 Å². The molecule has 0 spiro atoms. The van der Waals surface area contributed by atoms with Gasteiger partial charge in [0.15, 0.2) is 0 Å². The molecular weight excluding hydrogens is 637 g/mol. The van der Waals surface area contributed by atoms with Crippen molar-refractivity contribution in [2.75, 3.05) is 10.1 Å². The minimum absolute atomic E-state index is 0.324. The van der Waals surface area contributed by atoms with Gasteiger partial charge in [-0.05, 0) is 94.4 Å². The molecule has 0 saturated carbocycles. The zero-order chi connectivity index (χ0) is 35.4. The molecule has 6 aromatic carbocycles. The van der Waals surface area contributed by atoms with Crippen molar-refractivity contribution in [2.45, 2.75) is 39.0 Å². The van der Waals surface area contributed by atoms with E-state index in [1.54, 1.807) is 0 Å². The number of pyridine rings is 1. The lowest BCUT2D eigenvalue weighted by atomic mass is 9.77. The van der Waals surface area contributed by atoms with Crippen LogP contribution in [0, 0.1) is 0 Å². The Bertz CT molecular complexity index is 2590. The summed E-state index contributed by atoms with van der Waals surface area (Å²) in [5, 5.41) is 6.25. The first-order valence-corrected chi connectivity index (χ1v) is 18.0. The van der Waals surface area contributed by atoms with Crippen molar-refractivity contribution < 1.29 is 4.94 Å². The molecule has 0 atom stereocenters. The fraction of sp³-hybridized carbons (Fsp3) is 0.128. The number of anilines is 4. The molecule has 8 aromatic rings. The molecule has 0 N–H and O–H groups in total. The van der Waals surface area contributed by atoms with Gasteiger partial charge in [0.1, 0.15) is 5.82 Å². The van der Waals surface area contributed by atoms with E-state index >= 15 is 0 Å². The lowest BCUT2D eigenvalue weighted by molar-refractivity contribution is 0.156. The second-order valence-corrected chi connectivity index (χ2v) is 14.4. The second-order valence-electron chi connectivity index (χ2n) is 14.4. The van der Waals surface area contributed by atoms with Crippen LogP contribution >= 0.6 is 0 Å². The van der Waals surface area contributed by atoms with Crippen LogP contribution < -0.4 is 10.1 Å². The third-order valence-electron chi connectivity index (χ3n) is 10.5. The Balaban J connectivity index is 1.14. The Morgan fingerprint density at radius 1 is 0.558 bits per heavy atom. The number of para-hydroxylation sites is 4. The first-order chi connectivity index (χ1) is 25.4. The van der Waals surface area contributed by atoms with Crippen LogP contribution in [0.15, 0.2) is 164 Å². The van der Waals surface area contributed by atoms with Gasteiger partial charge in [-0.2, -0.15) is 10.1 Å². The maximum Gasteiger partial charge on any atom is 0.138 e. The number of fused-ring (bicyclic) bond motifs is 4. The van der Waals surface area contributed by atoms with E-state index in [1.165, 1.54) is 38.6 Å². The Labute approximate surface area is 304 Å². The second kappa shape index (κ2) is 12.6.